The van der Waals surface area contributed by atoms with E-state index in [0.717, 1.165) is 12.8 Å². The number of para-hydroxylation sites is 1. The Balaban J connectivity index is 2.29. The Morgan fingerprint density at radius 3 is 2.53 bits per heavy atom. The highest BCUT2D eigenvalue weighted by Gasteiger charge is 2.26. The Hall–Kier alpha value is -1.75. The molecule has 1 aliphatic rings. The molecule has 0 saturated carbocycles. The molecule has 5 heteroatoms. The monoisotopic (exact) mass is 262 g/mol. The third-order valence-electron chi connectivity index (χ3n) is 3.80. The molecule has 2 atom stereocenters. The zero-order valence-electron chi connectivity index (χ0n) is 11.5. The minimum Gasteiger partial charge on any atom is -0.397 e. The molecule has 0 aliphatic carbocycles. The van der Waals surface area contributed by atoms with E-state index < -0.39 is 5.91 Å². The Morgan fingerprint density at radius 2 is 1.95 bits per heavy atom. The van der Waals surface area contributed by atoms with Crippen molar-refractivity contribution in [3.05, 3.63) is 23.8 Å². The normalized spacial score (nSPS) is 24.1. The number of amides is 1. The molecule has 0 radical (unpaired) electrons. The maximum atomic E-state index is 11.5. The average molecular weight is 262 g/mol. The number of nitrogen functional groups attached to an aromatic ring is 1. The van der Waals surface area contributed by atoms with E-state index >= 15 is 0 Å². The number of rotatable bonds is 3. The summed E-state index contributed by atoms with van der Waals surface area (Å²) in [5.41, 5.74) is 16.3. The maximum absolute atomic E-state index is 11.5. The molecule has 1 aromatic rings. The van der Waals surface area contributed by atoms with Crippen LogP contribution >= 0.6 is 0 Å². The van der Waals surface area contributed by atoms with Crippen molar-refractivity contribution in [3.8, 4) is 0 Å². The third-order valence-corrected chi connectivity index (χ3v) is 3.80. The molecule has 0 aromatic heterocycles. The number of primary amides is 1. The minimum absolute atomic E-state index is 0.407. The SMILES string of the molecule is CC1CCCC(C)N1Nc1c(N)cccc1C(N)=O. The minimum atomic E-state index is -0.466. The highest BCUT2D eigenvalue weighted by molar-refractivity contribution is 6.01. The van der Waals surface area contributed by atoms with Gasteiger partial charge in [0.1, 0.15) is 0 Å². The van der Waals surface area contributed by atoms with Crippen molar-refractivity contribution in [1.29, 1.82) is 0 Å². The van der Waals surface area contributed by atoms with Crippen molar-refractivity contribution in [1.82, 2.24) is 5.01 Å². The van der Waals surface area contributed by atoms with Gasteiger partial charge in [0.2, 0.25) is 0 Å². The second-order valence-electron chi connectivity index (χ2n) is 5.28. The first-order chi connectivity index (χ1) is 9.00. The molecule has 19 heavy (non-hydrogen) atoms. The lowest BCUT2D eigenvalue weighted by atomic mass is 9.99. The van der Waals surface area contributed by atoms with Gasteiger partial charge in [-0.2, -0.15) is 0 Å². The summed E-state index contributed by atoms with van der Waals surface area (Å²) < 4.78 is 0. The zero-order valence-corrected chi connectivity index (χ0v) is 11.5. The van der Waals surface area contributed by atoms with Gasteiger partial charge in [-0.3, -0.25) is 4.79 Å². The predicted molar refractivity (Wildman–Crippen MR) is 77.6 cm³/mol. The molecule has 5 nitrogen and oxygen atoms in total. The molecule has 5 N–H and O–H groups in total. The van der Waals surface area contributed by atoms with Gasteiger partial charge in [-0.25, -0.2) is 5.01 Å². The van der Waals surface area contributed by atoms with Crippen molar-refractivity contribution in [3.63, 3.8) is 0 Å². The molecular formula is C14H22N4O. The van der Waals surface area contributed by atoms with Crippen LogP contribution in [0.25, 0.3) is 0 Å². The van der Waals surface area contributed by atoms with Crippen LogP contribution in [0.2, 0.25) is 0 Å². The maximum Gasteiger partial charge on any atom is 0.250 e. The van der Waals surface area contributed by atoms with Crippen LogP contribution in [0.4, 0.5) is 11.4 Å². The molecule has 104 valence electrons. The summed E-state index contributed by atoms with van der Waals surface area (Å²) in [5.74, 6) is -0.466. The number of hydrogen-bond acceptors (Lipinski definition) is 4. The van der Waals surface area contributed by atoms with Crippen LogP contribution in [0, 0.1) is 0 Å². The van der Waals surface area contributed by atoms with E-state index in [1.54, 1.807) is 18.2 Å². The topological polar surface area (TPSA) is 84.4 Å². The molecule has 1 amide bonds. The lowest BCUT2D eigenvalue weighted by Crippen LogP contribution is -2.47. The van der Waals surface area contributed by atoms with Crippen molar-refractivity contribution >= 4 is 17.3 Å². The quantitative estimate of drug-likeness (QED) is 0.727. The standard InChI is InChI=1S/C14H22N4O/c1-9-5-3-6-10(2)18(9)17-13-11(14(16)19)7-4-8-12(13)15/h4,7-10,17H,3,5-6,15H2,1-2H3,(H2,16,19). The van der Waals surface area contributed by atoms with E-state index in [1.807, 2.05) is 0 Å². The summed E-state index contributed by atoms with van der Waals surface area (Å²) in [6.07, 6.45) is 3.50. The number of benzene rings is 1. The summed E-state index contributed by atoms with van der Waals surface area (Å²) in [6, 6.07) is 6.02. The average Bonchev–Trinajstić information content (AvgIpc) is 2.35. The number of piperidine rings is 1. The van der Waals surface area contributed by atoms with Gasteiger partial charge in [0.15, 0.2) is 0 Å². The fourth-order valence-corrected chi connectivity index (χ4v) is 2.67. The Labute approximate surface area is 113 Å². The molecule has 1 fully saturated rings. The van der Waals surface area contributed by atoms with Crippen LogP contribution in [-0.2, 0) is 0 Å². The third kappa shape index (κ3) is 2.81. The number of carbonyl (C=O) groups is 1. The number of anilines is 2. The van der Waals surface area contributed by atoms with Crippen molar-refractivity contribution in [2.45, 2.75) is 45.2 Å². The van der Waals surface area contributed by atoms with Gasteiger partial charge in [0, 0.05) is 12.1 Å². The van der Waals surface area contributed by atoms with Gasteiger partial charge < -0.3 is 16.9 Å². The van der Waals surface area contributed by atoms with Crippen molar-refractivity contribution < 1.29 is 4.79 Å². The fraction of sp³-hybridized carbons (Fsp3) is 0.500. The summed E-state index contributed by atoms with van der Waals surface area (Å²) in [6.45, 7) is 4.34. The molecule has 1 aliphatic heterocycles. The number of nitrogens with one attached hydrogen (secondary N) is 1. The van der Waals surface area contributed by atoms with Crippen molar-refractivity contribution in [2.75, 3.05) is 11.2 Å². The Bertz CT molecular complexity index is 465. The van der Waals surface area contributed by atoms with Crippen LogP contribution in [0.3, 0.4) is 0 Å². The summed E-state index contributed by atoms with van der Waals surface area (Å²) in [7, 11) is 0. The predicted octanol–water partition coefficient (Wildman–Crippen LogP) is 1.96. The number of nitrogens with zero attached hydrogens (tertiary/aromatic N) is 1. The van der Waals surface area contributed by atoms with Gasteiger partial charge in [-0.1, -0.05) is 12.5 Å². The fourth-order valence-electron chi connectivity index (χ4n) is 2.67. The summed E-state index contributed by atoms with van der Waals surface area (Å²) >= 11 is 0. The van der Waals surface area contributed by atoms with Crippen LogP contribution in [0.1, 0.15) is 43.5 Å². The van der Waals surface area contributed by atoms with Crippen LogP contribution < -0.4 is 16.9 Å². The molecule has 1 saturated heterocycles. The molecule has 2 rings (SSSR count). The highest BCUT2D eigenvalue weighted by atomic mass is 16.1. The van der Waals surface area contributed by atoms with Gasteiger partial charge >= 0.3 is 0 Å². The van der Waals surface area contributed by atoms with Crippen LogP contribution in [-0.4, -0.2) is 23.0 Å². The number of nitrogens with two attached hydrogens (primary N) is 2. The Kier molecular flexibility index (Phi) is 3.95. The van der Waals surface area contributed by atoms with Gasteiger partial charge in [0.25, 0.3) is 5.91 Å². The van der Waals surface area contributed by atoms with E-state index in [-0.39, 0.29) is 0 Å². The molecule has 1 aromatic carbocycles. The van der Waals surface area contributed by atoms with Crippen molar-refractivity contribution in [2.24, 2.45) is 5.73 Å². The van der Waals surface area contributed by atoms with E-state index in [0.29, 0.717) is 29.0 Å². The van der Waals surface area contributed by atoms with Gasteiger partial charge in [-0.15, -0.1) is 0 Å². The highest BCUT2D eigenvalue weighted by Crippen LogP contribution is 2.28. The molecule has 2 unspecified atom stereocenters. The zero-order chi connectivity index (χ0) is 14.0. The lowest BCUT2D eigenvalue weighted by molar-refractivity contribution is 0.0998. The van der Waals surface area contributed by atoms with Gasteiger partial charge in [-0.05, 0) is 38.8 Å². The Morgan fingerprint density at radius 1 is 1.32 bits per heavy atom. The van der Waals surface area contributed by atoms with E-state index in [2.05, 4.69) is 24.3 Å². The number of hydrazine groups is 1. The first-order valence-electron chi connectivity index (χ1n) is 6.74. The summed E-state index contributed by atoms with van der Waals surface area (Å²) in [4.78, 5) is 11.5. The smallest absolute Gasteiger partial charge is 0.250 e. The molecule has 1 heterocycles. The summed E-state index contributed by atoms with van der Waals surface area (Å²) in [5, 5.41) is 2.17. The number of carbonyl (C=O) groups excluding carboxylic acids is 1. The lowest BCUT2D eigenvalue weighted by Gasteiger charge is -2.40. The first-order valence-corrected chi connectivity index (χ1v) is 6.74. The largest absolute Gasteiger partial charge is 0.397 e. The molecule has 0 spiro atoms. The second-order valence-corrected chi connectivity index (χ2v) is 5.28. The second kappa shape index (κ2) is 5.48. The first kappa shape index (κ1) is 13.7. The van der Waals surface area contributed by atoms with E-state index in [4.69, 9.17) is 11.5 Å². The van der Waals surface area contributed by atoms with Crippen LogP contribution in [0.15, 0.2) is 18.2 Å². The van der Waals surface area contributed by atoms with Gasteiger partial charge in [0.05, 0.1) is 16.9 Å². The molecular weight excluding hydrogens is 240 g/mol. The number of hydrogen-bond donors (Lipinski definition) is 3. The van der Waals surface area contributed by atoms with E-state index in [1.165, 1.54) is 6.42 Å². The van der Waals surface area contributed by atoms with E-state index in [9.17, 15) is 4.79 Å². The van der Waals surface area contributed by atoms with Crippen LogP contribution in [0.5, 0.6) is 0 Å². The molecule has 0 bridgehead atoms.